The first-order valence-corrected chi connectivity index (χ1v) is 5.93. The van der Waals surface area contributed by atoms with Gasteiger partial charge in [0.05, 0.1) is 27.0 Å². The highest BCUT2D eigenvalue weighted by atomic mass is 16.5. The second-order valence-corrected chi connectivity index (χ2v) is 4.06. The van der Waals surface area contributed by atoms with Crippen LogP contribution in [0.15, 0.2) is 6.07 Å². The van der Waals surface area contributed by atoms with E-state index in [1.54, 1.807) is 21.3 Å². The van der Waals surface area contributed by atoms with Crippen molar-refractivity contribution >= 4 is 11.4 Å². The third kappa shape index (κ3) is 2.72. The molecule has 0 bridgehead atoms. The van der Waals surface area contributed by atoms with Crippen molar-refractivity contribution in [2.75, 3.05) is 32.4 Å². The second kappa shape index (κ2) is 6.23. The Morgan fingerprint density at radius 3 is 2.22 bits per heavy atom. The first-order valence-electron chi connectivity index (χ1n) is 5.93. The molecule has 0 radical (unpaired) electrons. The summed E-state index contributed by atoms with van der Waals surface area (Å²) in [5, 5.41) is 3.32. The number of hydrogen-bond donors (Lipinski definition) is 2. The number of methoxy groups -OCH3 is 3. The maximum atomic E-state index is 6.07. The van der Waals surface area contributed by atoms with Crippen LogP contribution in [0.2, 0.25) is 0 Å². The third-order valence-electron chi connectivity index (χ3n) is 2.88. The highest BCUT2D eigenvalue weighted by Crippen LogP contribution is 2.46. The van der Waals surface area contributed by atoms with Gasteiger partial charge in [0.1, 0.15) is 5.69 Å². The minimum absolute atomic E-state index is 0.315. The van der Waals surface area contributed by atoms with E-state index in [1.807, 2.05) is 6.07 Å². The molecule has 0 aromatic heterocycles. The molecular formula is C13H22N2O3. The van der Waals surface area contributed by atoms with Gasteiger partial charge >= 0.3 is 0 Å². The van der Waals surface area contributed by atoms with Crippen LogP contribution in [-0.4, -0.2) is 27.4 Å². The molecule has 0 heterocycles. The van der Waals surface area contributed by atoms with Crippen molar-refractivity contribution in [1.82, 2.24) is 0 Å². The highest BCUT2D eigenvalue weighted by Gasteiger charge is 2.19. The van der Waals surface area contributed by atoms with E-state index < -0.39 is 0 Å². The predicted molar refractivity (Wildman–Crippen MR) is 73.9 cm³/mol. The summed E-state index contributed by atoms with van der Waals surface area (Å²) >= 11 is 0. The number of hydrogen-bond acceptors (Lipinski definition) is 5. The Kier molecular flexibility index (Phi) is 4.95. The summed E-state index contributed by atoms with van der Waals surface area (Å²) in [5.41, 5.74) is 7.39. The molecule has 3 N–H and O–H groups in total. The highest BCUT2D eigenvalue weighted by molar-refractivity contribution is 5.80. The van der Waals surface area contributed by atoms with Crippen LogP contribution in [0.25, 0.3) is 0 Å². The number of rotatable bonds is 6. The van der Waals surface area contributed by atoms with Gasteiger partial charge in [-0.25, -0.2) is 0 Å². The van der Waals surface area contributed by atoms with Gasteiger partial charge in [-0.05, 0) is 13.3 Å². The molecule has 0 saturated heterocycles. The minimum Gasteiger partial charge on any atom is -0.493 e. The lowest BCUT2D eigenvalue weighted by molar-refractivity contribution is 0.325. The number of ether oxygens (including phenoxy) is 3. The average molecular weight is 254 g/mol. The Morgan fingerprint density at radius 1 is 1.17 bits per heavy atom. The molecular weight excluding hydrogens is 232 g/mol. The Morgan fingerprint density at radius 2 is 1.78 bits per heavy atom. The summed E-state index contributed by atoms with van der Waals surface area (Å²) in [4.78, 5) is 0. The van der Waals surface area contributed by atoms with Gasteiger partial charge in [0.2, 0.25) is 5.75 Å². The van der Waals surface area contributed by atoms with E-state index in [1.165, 1.54) is 0 Å². The topological polar surface area (TPSA) is 65.7 Å². The molecule has 0 saturated carbocycles. The fourth-order valence-corrected chi connectivity index (χ4v) is 1.67. The van der Waals surface area contributed by atoms with Crippen LogP contribution in [0.1, 0.15) is 20.3 Å². The Balaban J connectivity index is 3.27. The number of nitrogens with two attached hydrogens (primary N) is 1. The molecule has 102 valence electrons. The Bertz CT molecular complexity index is 408. The third-order valence-corrected chi connectivity index (χ3v) is 2.88. The van der Waals surface area contributed by atoms with Crippen molar-refractivity contribution < 1.29 is 14.2 Å². The van der Waals surface area contributed by atoms with Crippen molar-refractivity contribution in [2.24, 2.45) is 0 Å². The lowest BCUT2D eigenvalue weighted by atomic mass is 10.1. The second-order valence-electron chi connectivity index (χ2n) is 4.06. The molecule has 5 nitrogen and oxygen atoms in total. The van der Waals surface area contributed by atoms with E-state index in [-0.39, 0.29) is 0 Å². The maximum Gasteiger partial charge on any atom is 0.205 e. The number of nitrogen functional groups attached to an aromatic ring is 1. The van der Waals surface area contributed by atoms with Crippen molar-refractivity contribution in [2.45, 2.75) is 26.3 Å². The quantitative estimate of drug-likeness (QED) is 0.764. The van der Waals surface area contributed by atoms with E-state index in [0.29, 0.717) is 29.0 Å². The van der Waals surface area contributed by atoms with Gasteiger partial charge in [-0.2, -0.15) is 0 Å². The average Bonchev–Trinajstić information content (AvgIpc) is 2.39. The van der Waals surface area contributed by atoms with Crippen molar-refractivity contribution in [3.8, 4) is 17.2 Å². The smallest absolute Gasteiger partial charge is 0.205 e. The van der Waals surface area contributed by atoms with Gasteiger partial charge in [0.25, 0.3) is 0 Å². The predicted octanol–water partition coefficient (Wildman–Crippen LogP) is 2.50. The number of benzene rings is 1. The van der Waals surface area contributed by atoms with Gasteiger partial charge in [-0.15, -0.1) is 0 Å². The summed E-state index contributed by atoms with van der Waals surface area (Å²) in [6.07, 6.45) is 0.996. The molecule has 1 rings (SSSR count). The summed E-state index contributed by atoms with van der Waals surface area (Å²) in [7, 11) is 4.70. The number of anilines is 2. The zero-order chi connectivity index (χ0) is 13.7. The standard InChI is InChI=1S/C13H22N2O3/c1-6-8(2)15-9-7-10(16-3)12(17-4)13(18-5)11(9)14/h7-8,15H,6,14H2,1-5H3. The van der Waals surface area contributed by atoms with E-state index >= 15 is 0 Å². The molecule has 1 aromatic carbocycles. The van der Waals surface area contributed by atoms with E-state index in [9.17, 15) is 0 Å². The lowest BCUT2D eigenvalue weighted by Crippen LogP contribution is -2.15. The first-order chi connectivity index (χ1) is 8.58. The maximum absolute atomic E-state index is 6.07. The zero-order valence-corrected chi connectivity index (χ0v) is 11.7. The molecule has 0 aliphatic rings. The molecule has 18 heavy (non-hydrogen) atoms. The van der Waals surface area contributed by atoms with Crippen LogP contribution in [0, 0.1) is 0 Å². The molecule has 1 unspecified atom stereocenters. The lowest BCUT2D eigenvalue weighted by Gasteiger charge is -2.20. The minimum atomic E-state index is 0.315. The number of nitrogens with one attached hydrogen (secondary N) is 1. The van der Waals surface area contributed by atoms with Crippen LogP contribution in [0.3, 0.4) is 0 Å². The van der Waals surface area contributed by atoms with Crippen molar-refractivity contribution in [3.05, 3.63) is 6.07 Å². The fourth-order valence-electron chi connectivity index (χ4n) is 1.67. The van der Waals surface area contributed by atoms with Crippen LogP contribution in [-0.2, 0) is 0 Å². The molecule has 1 aromatic rings. The van der Waals surface area contributed by atoms with E-state index in [0.717, 1.165) is 12.1 Å². The van der Waals surface area contributed by atoms with Gasteiger partial charge in [0.15, 0.2) is 11.5 Å². The SMILES string of the molecule is CCC(C)Nc1cc(OC)c(OC)c(OC)c1N. The summed E-state index contributed by atoms with van der Waals surface area (Å²) < 4.78 is 15.9. The molecule has 0 aliphatic heterocycles. The van der Waals surface area contributed by atoms with Gasteiger partial charge in [-0.1, -0.05) is 6.92 Å². The monoisotopic (exact) mass is 254 g/mol. The first kappa shape index (κ1) is 14.3. The molecule has 5 heteroatoms. The van der Waals surface area contributed by atoms with Crippen LogP contribution in [0.5, 0.6) is 17.2 Å². The van der Waals surface area contributed by atoms with Crippen LogP contribution in [0.4, 0.5) is 11.4 Å². The van der Waals surface area contributed by atoms with E-state index in [2.05, 4.69) is 19.2 Å². The Hall–Kier alpha value is -1.78. The van der Waals surface area contributed by atoms with Gasteiger partial charge in [-0.3, -0.25) is 0 Å². The van der Waals surface area contributed by atoms with Gasteiger partial charge < -0.3 is 25.3 Å². The van der Waals surface area contributed by atoms with E-state index in [4.69, 9.17) is 19.9 Å². The fraction of sp³-hybridized carbons (Fsp3) is 0.538. The zero-order valence-electron chi connectivity index (χ0n) is 11.7. The van der Waals surface area contributed by atoms with Crippen molar-refractivity contribution in [3.63, 3.8) is 0 Å². The molecule has 0 aliphatic carbocycles. The molecule has 1 atom stereocenters. The molecule has 0 spiro atoms. The Labute approximate surface area is 108 Å². The van der Waals surface area contributed by atoms with Crippen LogP contribution < -0.4 is 25.3 Å². The molecule has 0 fully saturated rings. The summed E-state index contributed by atoms with van der Waals surface area (Å²) in [6, 6.07) is 2.14. The molecule has 0 amide bonds. The van der Waals surface area contributed by atoms with Gasteiger partial charge in [0, 0.05) is 12.1 Å². The van der Waals surface area contributed by atoms with Crippen LogP contribution >= 0.6 is 0 Å². The van der Waals surface area contributed by atoms with Crippen molar-refractivity contribution in [1.29, 1.82) is 0 Å². The summed E-state index contributed by atoms with van der Waals surface area (Å²) in [6.45, 7) is 4.19. The summed E-state index contributed by atoms with van der Waals surface area (Å²) in [5.74, 6) is 1.59. The normalized spacial score (nSPS) is 11.8. The largest absolute Gasteiger partial charge is 0.493 e.